The van der Waals surface area contributed by atoms with Gasteiger partial charge in [-0.2, -0.15) is 0 Å². The normalized spacial score (nSPS) is 11.5. The Bertz CT molecular complexity index is 691. The monoisotopic (exact) mass is 329 g/mol. The van der Waals surface area contributed by atoms with Crippen LogP contribution < -0.4 is 15.4 Å². The van der Waals surface area contributed by atoms with Crippen LogP contribution in [0.25, 0.3) is 0 Å². The molecule has 1 aromatic heterocycles. The highest BCUT2D eigenvalue weighted by molar-refractivity contribution is 5.95. The zero-order chi connectivity index (χ0) is 17.4. The minimum atomic E-state index is -1.09. The molecule has 3 N–H and O–H groups in total. The molecule has 126 valence electrons. The number of carboxylic acids is 1. The summed E-state index contributed by atoms with van der Waals surface area (Å²) < 4.78 is 5.15. The molecule has 0 fully saturated rings. The molecule has 1 heterocycles. The maximum Gasteiger partial charge on any atom is 0.321 e. The third-order valence-corrected chi connectivity index (χ3v) is 3.34. The van der Waals surface area contributed by atoms with Crippen LogP contribution in [0.5, 0.6) is 5.75 Å². The molecule has 0 unspecified atom stereocenters. The molecular weight excluding hydrogens is 310 g/mol. The van der Waals surface area contributed by atoms with Crippen LogP contribution >= 0.6 is 0 Å². The third kappa shape index (κ3) is 5.06. The zero-order valence-corrected chi connectivity index (χ0v) is 13.2. The molecule has 0 saturated carbocycles. The molecule has 0 bridgehead atoms. The predicted molar refractivity (Wildman–Crippen MR) is 88.7 cm³/mol. The molecule has 24 heavy (non-hydrogen) atoms. The van der Waals surface area contributed by atoms with Crippen molar-refractivity contribution >= 4 is 17.6 Å². The molecule has 7 heteroatoms. The number of methoxy groups -OCH3 is 1. The quantitative estimate of drug-likeness (QED) is 0.681. The third-order valence-electron chi connectivity index (χ3n) is 3.34. The summed E-state index contributed by atoms with van der Waals surface area (Å²) in [6.45, 7) is 0.312. The van der Waals surface area contributed by atoms with Crippen molar-refractivity contribution < 1.29 is 19.4 Å². The van der Waals surface area contributed by atoms with Crippen LogP contribution in [0.1, 0.15) is 12.0 Å². The Balaban J connectivity index is 1.94. The lowest BCUT2D eigenvalue weighted by molar-refractivity contribution is -0.141. The van der Waals surface area contributed by atoms with Gasteiger partial charge in [0.2, 0.25) is 5.91 Å². The minimum absolute atomic E-state index is 0.201. The van der Waals surface area contributed by atoms with Crippen LogP contribution in [0.2, 0.25) is 0 Å². The highest BCUT2D eigenvalue weighted by atomic mass is 16.5. The molecule has 0 spiro atoms. The van der Waals surface area contributed by atoms with E-state index in [1.807, 2.05) is 6.07 Å². The summed E-state index contributed by atoms with van der Waals surface area (Å²) in [5.41, 5.74) is 1.34. The molecule has 2 rings (SSSR count). The second kappa shape index (κ2) is 8.64. The summed E-state index contributed by atoms with van der Waals surface area (Å²) in [7, 11) is 1.50. The number of hydrogen-bond donors (Lipinski definition) is 3. The second-order valence-corrected chi connectivity index (χ2v) is 5.09. The SMILES string of the molecule is COc1ccccc1NC(=O)C[C@@H](NCc1cccnc1)C(=O)O. The smallest absolute Gasteiger partial charge is 0.321 e. The van der Waals surface area contributed by atoms with E-state index in [-0.39, 0.29) is 6.42 Å². The summed E-state index contributed by atoms with van der Waals surface area (Å²) in [5.74, 6) is -0.985. The van der Waals surface area contributed by atoms with Gasteiger partial charge in [0.25, 0.3) is 0 Å². The van der Waals surface area contributed by atoms with Crippen molar-refractivity contribution in [1.29, 1.82) is 0 Å². The fourth-order valence-corrected chi connectivity index (χ4v) is 2.13. The van der Waals surface area contributed by atoms with Crippen molar-refractivity contribution in [1.82, 2.24) is 10.3 Å². The van der Waals surface area contributed by atoms with Gasteiger partial charge in [-0.1, -0.05) is 18.2 Å². The molecule has 7 nitrogen and oxygen atoms in total. The molecule has 1 atom stereocenters. The Morgan fingerprint density at radius 2 is 2.04 bits per heavy atom. The van der Waals surface area contributed by atoms with Gasteiger partial charge >= 0.3 is 5.97 Å². The number of carbonyl (C=O) groups is 2. The molecule has 1 aromatic carbocycles. The first-order valence-electron chi connectivity index (χ1n) is 7.38. The zero-order valence-electron chi connectivity index (χ0n) is 13.2. The van der Waals surface area contributed by atoms with Gasteiger partial charge in [-0.25, -0.2) is 0 Å². The van der Waals surface area contributed by atoms with E-state index in [2.05, 4.69) is 15.6 Å². The number of nitrogens with zero attached hydrogens (tertiary/aromatic N) is 1. The first-order chi connectivity index (χ1) is 11.6. The first-order valence-corrected chi connectivity index (χ1v) is 7.38. The van der Waals surface area contributed by atoms with Crippen molar-refractivity contribution in [3.8, 4) is 5.75 Å². The summed E-state index contributed by atoms with van der Waals surface area (Å²) in [5, 5.41) is 14.8. The van der Waals surface area contributed by atoms with Gasteiger partial charge < -0.3 is 15.2 Å². The van der Waals surface area contributed by atoms with Gasteiger partial charge in [-0.05, 0) is 23.8 Å². The Morgan fingerprint density at radius 3 is 2.71 bits per heavy atom. The molecule has 2 aromatic rings. The number of anilines is 1. The van der Waals surface area contributed by atoms with Gasteiger partial charge in [-0.3, -0.25) is 19.9 Å². The number of rotatable bonds is 8. The van der Waals surface area contributed by atoms with E-state index in [1.54, 1.807) is 42.7 Å². The van der Waals surface area contributed by atoms with Gasteiger partial charge in [-0.15, -0.1) is 0 Å². The van der Waals surface area contributed by atoms with Crippen LogP contribution in [-0.2, 0) is 16.1 Å². The van der Waals surface area contributed by atoms with E-state index in [4.69, 9.17) is 4.74 Å². The van der Waals surface area contributed by atoms with E-state index in [0.29, 0.717) is 18.0 Å². The number of pyridine rings is 1. The Hall–Kier alpha value is -2.93. The summed E-state index contributed by atoms with van der Waals surface area (Å²) in [4.78, 5) is 27.4. The molecule has 0 aliphatic heterocycles. The highest BCUT2D eigenvalue weighted by Gasteiger charge is 2.21. The number of aromatic nitrogens is 1. The molecule has 0 aliphatic carbocycles. The van der Waals surface area contributed by atoms with Crippen LogP contribution in [0, 0.1) is 0 Å². The number of carbonyl (C=O) groups excluding carboxylic acids is 1. The summed E-state index contributed by atoms with van der Waals surface area (Å²) >= 11 is 0. The number of hydrogen-bond acceptors (Lipinski definition) is 5. The van der Waals surface area contributed by atoms with E-state index in [0.717, 1.165) is 5.56 Å². The Kier molecular flexibility index (Phi) is 6.27. The topological polar surface area (TPSA) is 101 Å². The highest BCUT2D eigenvalue weighted by Crippen LogP contribution is 2.23. The fraction of sp³-hybridized carbons (Fsp3) is 0.235. The first kappa shape index (κ1) is 17.4. The maximum absolute atomic E-state index is 12.1. The lowest BCUT2D eigenvalue weighted by Crippen LogP contribution is -2.39. The van der Waals surface area contributed by atoms with Crippen molar-refractivity contribution in [2.75, 3.05) is 12.4 Å². The second-order valence-electron chi connectivity index (χ2n) is 5.09. The molecule has 0 radical (unpaired) electrons. The molecular formula is C17H19N3O4. The van der Waals surface area contributed by atoms with Crippen molar-refractivity contribution in [3.05, 3.63) is 54.4 Å². The number of ether oxygens (including phenoxy) is 1. The van der Waals surface area contributed by atoms with Gasteiger partial charge in [0.1, 0.15) is 11.8 Å². The molecule has 1 amide bonds. The standard InChI is InChI=1S/C17H19N3O4/c1-24-15-7-3-2-6-13(15)20-16(21)9-14(17(22)23)19-11-12-5-4-8-18-10-12/h2-8,10,14,19H,9,11H2,1H3,(H,20,21)(H,22,23)/t14-/m1/s1. The summed E-state index contributed by atoms with van der Waals surface area (Å²) in [6, 6.07) is 9.53. The number of benzene rings is 1. The average Bonchev–Trinajstić information content (AvgIpc) is 2.59. The van der Waals surface area contributed by atoms with Gasteiger partial charge in [0, 0.05) is 18.9 Å². The predicted octanol–water partition coefficient (Wildman–Crippen LogP) is 1.66. The number of para-hydroxylation sites is 2. The largest absolute Gasteiger partial charge is 0.495 e. The number of carboxylic acid groups (broad SMARTS) is 1. The summed E-state index contributed by atoms with van der Waals surface area (Å²) in [6.07, 6.45) is 3.08. The van der Waals surface area contributed by atoms with Crippen LogP contribution in [0.15, 0.2) is 48.8 Å². The van der Waals surface area contributed by atoms with E-state index in [9.17, 15) is 14.7 Å². The number of nitrogens with one attached hydrogen (secondary N) is 2. The lowest BCUT2D eigenvalue weighted by Gasteiger charge is -2.15. The van der Waals surface area contributed by atoms with Crippen molar-refractivity contribution in [3.63, 3.8) is 0 Å². The van der Waals surface area contributed by atoms with Gasteiger partial charge in [0.05, 0.1) is 19.2 Å². The van der Waals surface area contributed by atoms with E-state index < -0.39 is 17.9 Å². The minimum Gasteiger partial charge on any atom is -0.495 e. The molecule has 0 saturated heterocycles. The van der Waals surface area contributed by atoms with Crippen molar-refractivity contribution in [2.24, 2.45) is 0 Å². The average molecular weight is 329 g/mol. The van der Waals surface area contributed by atoms with Crippen LogP contribution in [-0.4, -0.2) is 35.1 Å². The van der Waals surface area contributed by atoms with Crippen molar-refractivity contribution in [2.45, 2.75) is 19.0 Å². The lowest BCUT2D eigenvalue weighted by atomic mass is 10.1. The van der Waals surface area contributed by atoms with E-state index in [1.165, 1.54) is 7.11 Å². The number of amides is 1. The number of aliphatic carboxylic acids is 1. The maximum atomic E-state index is 12.1. The van der Waals surface area contributed by atoms with Gasteiger partial charge in [0.15, 0.2) is 0 Å². The van der Waals surface area contributed by atoms with E-state index >= 15 is 0 Å². The fourth-order valence-electron chi connectivity index (χ4n) is 2.13. The Morgan fingerprint density at radius 1 is 1.25 bits per heavy atom. The van der Waals surface area contributed by atoms with Crippen LogP contribution in [0.3, 0.4) is 0 Å². The Labute approximate surface area is 139 Å². The molecule has 0 aliphatic rings. The van der Waals surface area contributed by atoms with Crippen LogP contribution in [0.4, 0.5) is 5.69 Å².